The summed E-state index contributed by atoms with van der Waals surface area (Å²) in [6, 6.07) is 8.29. The first kappa shape index (κ1) is 13.1. The topological polar surface area (TPSA) is 32.3 Å². The smallest absolute Gasteiger partial charge is 0.227 e. The molecule has 0 aromatic heterocycles. The Hall–Kier alpha value is -1.35. The van der Waals surface area contributed by atoms with Crippen LogP contribution in [0.15, 0.2) is 24.3 Å². The first-order valence-electron chi connectivity index (χ1n) is 6.78. The van der Waals surface area contributed by atoms with E-state index in [9.17, 15) is 4.79 Å². The minimum absolute atomic E-state index is 0.254. The van der Waals surface area contributed by atoms with Crippen molar-refractivity contribution in [3.05, 3.63) is 29.8 Å². The van der Waals surface area contributed by atoms with E-state index in [0.29, 0.717) is 12.3 Å². The van der Waals surface area contributed by atoms with Gasteiger partial charge < -0.3 is 10.2 Å². The molecule has 1 aromatic carbocycles. The average molecular weight is 246 g/mol. The number of hydrogen-bond acceptors (Lipinski definition) is 2. The molecule has 0 radical (unpaired) electrons. The minimum Gasteiger partial charge on any atom is -0.320 e. The summed E-state index contributed by atoms with van der Waals surface area (Å²) in [6.45, 7) is 4.00. The van der Waals surface area contributed by atoms with E-state index in [1.165, 1.54) is 5.56 Å². The molecule has 2 rings (SSSR count). The standard InChI is InChI=1S/C15H22N2O/c1-12-9-11-17(15(18)8-5-10-16-2)14-7-4-3-6-13(12)14/h3-4,6-7,12,16H,5,8-11H2,1-2H3. The van der Waals surface area contributed by atoms with Gasteiger partial charge in [-0.2, -0.15) is 0 Å². The highest BCUT2D eigenvalue weighted by atomic mass is 16.2. The fourth-order valence-electron chi connectivity index (χ4n) is 2.56. The zero-order valence-electron chi connectivity index (χ0n) is 11.3. The summed E-state index contributed by atoms with van der Waals surface area (Å²) in [7, 11) is 1.92. The predicted octanol–water partition coefficient (Wildman–Crippen LogP) is 2.53. The van der Waals surface area contributed by atoms with Gasteiger partial charge >= 0.3 is 0 Å². The minimum atomic E-state index is 0.254. The number of amides is 1. The quantitative estimate of drug-likeness (QED) is 0.828. The molecule has 1 heterocycles. The van der Waals surface area contributed by atoms with Gasteiger partial charge in [-0.15, -0.1) is 0 Å². The Kier molecular flexibility index (Phi) is 4.37. The van der Waals surface area contributed by atoms with Crippen LogP contribution in [0, 0.1) is 0 Å². The van der Waals surface area contributed by atoms with Gasteiger partial charge in [0.05, 0.1) is 0 Å². The summed E-state index contributed by atoms with van der Waals surface area (Å²) in [5.74, 6) is 0.812. The fraction of sp³-hybridized carbons (Fsp3) is 0.533. The fourth-order valence-corrected chi connectivity index (χ4v) is 2.56. The second-order valence-corrected chi connectivity index (χ2v) is 5.00. The molecule has 1 aliphatic rings. The molecule has 0 bridgehead atoms. The molecule has 1 amide bonds. The molecule has 1 unspecified atom stereocenters. The maximum Gasteiger partial charge on any atom is 0.227 e. The number of carbonyl (C=O) groups is 1. The van der Waals surface area contributed by atoms with Gasteiger partial charge in [0, 0.05) is 18.7 Å². The van der Waals surface area contributed by atoms with Crippen LogP contribution >= 0.6 is 0 Å². The summed E-state index contributed by atoms with van der Waals surface area (Å²) in [5.41, 5.74) is 2.43. The lowest BCUT2D eigenvalue weighted by molar-refractivity contribution is -0.118. The third-order valence-corrected chi connectivity index (χ3v) is 3.66. The summed E-state index contributed by atoms with van der Waals surface area (Å²) < 4.78 is 0. The Labute approximate surface area is 109 Å². The van der Waals surface area contributed by atoms with Gasteiger partial charge in [-0.25, -0.2) is 0 Å². The SMILES string of the molecule is CNCCCC(=O)N1CCC(C)c2ccccc21. The molecule has 18 heavy (non-hydrogen) atoms. The van der Waals surface area contributed by atoms with Crippen molar-refractivity contribution in [2.24, 2.45) is 0 Å². The van der Waals surface area contributed by atoms with Crippen molar-refractivity contribution in [2.45, 2.75) is 32.1 Å². The summed E-state index contributed by atoms with van der Waals surface area (Å²) in [4.78, 5) is 14.2. The van der Waals surface area contributed by atoms with Crippen molar-refractivity contribution < 1.29 is 4.79 Å². The molecule has 3 heteroatoms. The van der Waals surface area contributed by atoms with E-state index in [1.807, 2.05) is 18.0 Å². The van der Waals surface area contributed by atoms with Gasteiger partial charge in [0.25, 0.3) is 0 Å². The largest absolute Gasteiger partial charge is 0.320 e. The molecular weight excluding hydrogens is 224 g/mol. The summed E-state index contributed by atoms with van der Waals surface area (Å²) >= 11 is 0. The van der Waals surface area contributed by atoms with Crippen molar-refractivity contribution in [3.63, 3.8) is 0 Å². The van der Waals surface area contributed by atoms with Crippen molar-refractivity contribution in [3.8, 4) is 0 Å². The first-order chi connectivity index (χ1) is 8.74. The van der Waals surface area contributed by atoms with Crippen LogP contribution in [-0.4, -0.2) is 26.0 Å². The van der Waals surface area contributed by atoms with Crippen LogP contribution in [-0.2, 0) is 4.79 Å². The van der Waals surface area contributed by atoms with E-state index >= 15 is 0 Å². The molecule has 0 fully saturated rings. The van der Waals surface area contributed by atoms with Crippen molar-refractivity contribution in [2.75, 3.05) is 25.0 Å². The summed E-state index contributed by atoms with van der Waals surface area (Å²) in [6.07, 6.45) is 2.60. The van der Waals surface area contributed by atoms with Crippen LogP contribution < -0.4 is 10.2 Å². The van der Waals surface area contributed by atoms with E-state index in [-0.39, 0.29) is 5.91 Å². The molecule has 1 aromatic rings. The van der Waals surface area contributed by atoms with Crippen LogP contribution in [0.2, 0.25) is 0 Å². The lowest BCUT2D eigenvalue weighted by atomic mass is 9.91. The van der Waals surface area contributed by atoms with E-state index in [2.05, 4.69) is 30.4 Å². The van der Waals surface area contributed by atoms with Crippen molar-refractivity contribution in [1.29, 1.82) is 0 Å². The van der Waals surface area contributed by atoms with Crippen LogP contribution in [0.1, 0.15) is 37.7 Å². The van der Waals surface area contributed by atoms with Gasteiger partial charge in [-0.3, -0.25) is 4.79 Å². The van der Waals surface area contributed by atoms with Gasteiger partial charge in [0.2, 0.25) is 5.91 Å². The van der Waals surface area contributed by atoms with Crippen molar-refractivity contribution in [1.82, 2.24) is 5.32 Å². The molecule has 0 saturated heterocycles. The highest BCUT2D eigenvalue weighted by molar-refractivity contribution is 5.94. The molecule has 3 nitrogen and oxygen atoms in total. The predicted molar refractivity (Wildman–Crippen MR) is 75.0 cm³/mol. The van der Waals surface area contributed by atoms with E-state index in [1.54, 1.807) is 0 Å². The van der Waals surface area contributed by atoms with Gasteiger partial charge in [0.15, 0.2) is 0 Å². The Morgan fingerprint density at radius 1 is 1.44 bits per heavy atom. The molecular formula is C15H22N2O. The Balaban J connectivity index is 2.11. The van der Waals surface area contributed by atoms with Gasteiger partial charge in [0.1, 0.15) is 0 Å². The Morgan fingerprint density at radius 2 is 2.22 bits per heavy atom. The zero-order valence-corrected chi connectivity index (χ0v) is 11.3. The van der Waals surface area contributed by atoms with E-state index in [4.69, 9.17) is 0 Å². The zero-order chi connectivity index (χ0) is 13.0. The monoisotopic (exact) mass is 246 g/mol. The number of rotatable bonds is 4. The van der Waals surface area contributed by atoms with Crippen LogP contribution in [0.4, 0.5) is 5.69 Å². The normalized spacial score (nSPS) is 18.6. The van der Waals surface area contributed by atoms with Crippen molar-refractivity contribution >= 4 is 11.6 Å². The second kappa shape index (κ2) is 6.01. The molecule has 0 spiro atoms. The molecule has 0 aliphatic carbocycles. The molecule has 0 saturated carbocycles. The van der Waals surface area contributed by atoms with E-state index in [0.717, 1.165) is 31.6 Å². The number of nitrogens with zero attached hydrogens (tertiary/aromatic N) is 1. The average Bonchev–Trinajstić information content (AvgIpc) is 2.39. The maximum atomic E-state index is 12.2. The van der Waals surface area contributed by atoms with Gasteiger partial charge in [-0.1, -0.05) is 25.1 Å². The summed E-state index contributed by atoms with van der Waals surface area (Å²) in [5, 5.41) is 3.08. The third kappa shape index (κ3) is 2.72. The number of benzene rings is 1. The number of hydrogen-bond donors (Lipinski definition) is 1. The van der Waals surface area contributed by atoms with Crippen LogP contribution in [0.25, 0.3) is 0 Å². The highest BCUT2D eigenvalue weighted by Crippen LogP contribution is 2.34. The number of carbonyl (C=O) groups excluding carboxylic acids is 1. The highest BCUT2D eigenvalue weighted by Gasteiger charge is 2.25. The van der Waals surface area contributed by atoms with E-state index < -0.39 is 0 Å². The molecule has 1 N–H and O–H groups in total. The van der Waals surface area contributed by atoms with Crippen LogP contribution in [0.5, 0.6) is 0 Å². The molecule has 1 aliphatic heterocycles. The second-order valence-electron chi connectivity index (χ2n) is 5.00. The number of anilines is 1. The van der Waals surface area contributed by atoms with Gasteiger partial charge in [-0.05, 0) is 44.0 Å². The number of nitrogens with one attached hydrogen (secondary N) is 1. The number of fused-ring (bicyclic) bond motifs is 1. The number of para-hydroxylation sites is 1. The lowest BCUT2D eigenvalue weighted by Gasteiger charge is -2.33. The first-order valence-corrected chi connectivity index (χ1v) is 6.78. The molecule has 1 atom stereocenters. The Morgan fingerprint density at radius 3 is 3.00 bits per heavy atom. The molecule has 98 valence electrons. The maximum absolute atomic E-state index is 12.2. The lowest BCUT2D eigenvalue weighted by Crippen LogP contribution is -2.36. The van der Waals surface area contributed by atoms with Crippen LogP contribution in [0.3, 0.4) is 0 Å². The Bertz CT molecular complexity index is 417. The third-order valence-electron chi connectivity index (χ3n) is 3.66.